The first kappa shape index (κ1) is 11.9. The van der Waals surface area contributed by atoms with Crippen molar-refractivity contribution in [3.05, 3.63) is 65.2 Å². The number of ketones is 1. The molecule has 3 heteroatoms. The van der Waals surface area contributed by atoms with Gasteiger partial charge in [0.15, 0.2) is 18.0 Å². The Balaban J connectivity index is 2.05. The summed E-state index contributed by atoms with van der Waals surface area (Å²) in [6, 6.07) is 14.7. The Labute approximate surface area is 111 Å². The van der Waals surface area contributed by atoms with Gasteiger partial charge in [-0.15, -0.1) is 0 Å². The fraction of sp³-hybridized carbons (Fsp3) is 0.188. The summed E-state index contributed by atoms with van der Waals surface area (Å²) in [5.41, 5.74) is 2.27. The molecule has 1 N–H and O–H groups in total. The van der Waals surface area contributed by atoms with Crippen molar-refractivity contribution in [1.82, 2.24) is 0 Å². The fourth-order valence-corrected chi connectivity index (χ4v) is 2.32. The molecule has 0 aliphatic carbocycles. The van der Waals surface area contributed by atoms with Gasteiger partial charge in [0, 0.05) is 0 Å². The Hall–Kier alpha value is -2.13. The zero-order valence-corrected chi connectivity index (χ0v) is 10.5. The van der Waals surface area contributed by atoms with Gasteiger partial charge in [0.25, 0.3) is 0 Å². The van der Waals surface area contributed by atoms with Crippen LogP contribution in [-0.2, 0) is 0 Å². The van der Waals surface area contributed by atoms with Crippen molar-refractivity contribution in [3.8, 4) is 5.75 Å². The summed E-state index contributed by atoms with van der Waals surface area (Å²) in [4.78, 5) is 12.2. The molecule has 0 bridgehead atoms. The summed E-state index contributed by atoms with van der Waals surface area (Å²) in [5, 5.41) is 10.1. The molecule has 2 aromatic carbocycles. The number of aliphatic hydroxyl groups excluding tert-OH is 1. The van der Waals surface area contributed by atoms with Gasteiger partial charge in [-0.3, -0.25) is 4.79 Å². The minimum Gasteiger partial charge on any atom is -0.482 e. The Kier molecular flexibility index (Phi) is 2.84. The number of Topliss-reactive ketones (excluding diaryl/α,β-unsaturated/α-hetero) is 1. The molecule has 3 nitrogen and oxygen atoms in total. The van der Waals surface area contributed by atoms with Crippen LogP contribution in [0, 0.1) is 6.92 Å². The zero-order valence-electron chi connectivity index (χ0n) is 10.5. The number of ether oxygens (including phenoxy) is 1. The number of hydrogen-bond acceptors (Lipinski definition) is 3. The van der Waals surface area contributed by atoms with Crippen LogP contribution in [0.4, 0.5) is 0 Å². The third kappa shape index (κ3) is 2.02. The van der Waals surface area contributed by atoms with Crippen molar-refractivity contribution in [1.29, 1.82) is 0 Å². The van der Waals surface area contributed by atoms with Crippen LogP contribution in [0.1, 0.15) is 27.6 Å². The Morgan fingerprint density at radius 1 is 1.11 bits per heavy atom. The van der Waals surface area contributed by atoms with E-state index in [1.54, 1.807) is 6.07 Å². The average Bonchev–Trinajstić information content (AvgIpc) is 2.43. The topological polar surface area (TPSA) is 46.5 Å². The lowest BCUT2D eigenvalue weighted by Crippen LogP contribution is -2.36. The third-order valence-electron chi connectivity index (χ3n) is 3.34. The molecule has 0 fully saturated rings. The summed E-state index contributed by atoms with van der Waals surface area (Å²) in [6.45, 7) is 1.94. The first-order valence-corrected chi connectivity index (χ1v) is 6.21. The molecule has 19 heavy (non-hydrogen) atoms. The molecule has 0 saturated carbocycles. The second-order valence-electron chi connectivity index (χ2n) is 4.76. The second-order valence-corrected chi connectivity index (χ2v) is 4.76. The number of fused-ring (bicyclic) bond motifs is 1. The zero-order chi connectivity index (χ0) is 13.4. The predicted molar refractivity (Wildman–Crippen MR) is 71.3 cm³/mol. The van der Waals surface area contributed by atoms with Crippen LogP contribution in [0.2, 0.25) is 0 Å². The second kappa shape index (κ2) is 4.52. The van der Waals surface area contributed by atoms with Crippen LogP contribution in [0.3, 0.4) is 0 Å². The SMILES string of the molecule is Cc1ccc2c(c1)O[C@@H](c1ccccc1)[C@H](O)C2=O. The molecule has 0 unspecified atom stereocenters. The molecule has 3 rings (SSSR count). The molecule has 1 aliphatic rings. The molecule has 0 saturated heterocycles. The molecule has 96 valence electrons. The molecule has 0 amide bonds. The van der Waals surface area contributed by atoms with E-state index in [1.807, 2.05) is 49.4 Å². The van der Waals surface area contributed by atoms with Gasteiger partial charge in [-0.2, -0.15) is 0 Å². The molecule has 1 heterocycles. The molecular formula is C16H14O3. The van der Waals surface area contributed by atoms with Gasteiger partial charge in [0.1, 0.15) is 5.75 Å². The van der Waals surface area contributed by atoms with Crippen LogP contribution in [0.25, 0.3) is 0 Å². The highest BCUT2D eigenvalue weighted by Gasteiger charge is 2.36. The van der Waals surface area contributed by atoms with Crippen LogP contribution in [0.5, 0.6) is 5.75 Å². The van der Waals surface area contributed by atoms with Crippen molar-refractivity contribution < 1.29 is 14.6 Å². The summed E-state index contributed by atoms with van der Waals surface area (Å²) in [6.07, 6.45) is -1.79. The largest absolute Gasteiger partial charge is 0.482 e. The molecule has 0 aromatic heterocycles. The number of aryl methyl sites for hydroxylation is 1. The quantitative estimate of drug-likeness (QED) is 0.851. The number of hydrogen-bond donors (Lipinski definition) is 1. The van der Waals surface area contributed by atoms with Crippen LogP contribution >= 0.6 is 0 Å². The maximum Gasteiger partial charge on any atom is 0.199 e. The lowest BCUT2D eigenvalue weighted by Gasteiger charge is -2.29. The monoisotopic (exact) mass is 254 g/mol. The number of benzene rings is 2. The van der Waals surface area contributed by atoms with Crippen LogP contribution in [0.15, 0.2) is 48.5 Å². The minimum atomic E-state index is -1.15. The van der Waals surface area contributed by atoms with Crippen molar-refractivity contribution in [2.45, 2.75) is 19.1 Å². The summed E-state index contributed by atoms with van der Waals surface area (Å²) >= 11 is 0. The highest BCUT2D eigenvalue weighted by atomic mass is 16.5. The van der Waals surface area contributed by atoms with Gasteiger partial charge in [-0.25, -0.2) is 0 Å². The van der Waals surface area contributed by atoms with E-state index in [4.69, 9.17) is 4.74 Å². The smallest absolute Gasteiger partial charge is 0.199 e. The highest BCUT2D eigenvalue weighted by molar-refractivity contribution is 6.03. The van der Waals surface area contributed by atoms with Gasteiger partial charge >= 0.3 is 0 Å². The Bertz CT molecular complexity index is 619. The van der Waals surface area contributed by atoms with E-state index in [-0.39, 0.29) is 5.78 Å². The Morgan fingerprint density at radius 2 is 1.84 bits per heavy atom. The fourth-order valence-electron chi connectivity index (χ4n) is 2.32. The summed E-state index contributed by atoms with van der Waals surface area (Å²) in [5.74, 6) is 0.263. The molecule has 0 spiro atoms. The molecule has 2 aromatic rings. The minimum absolute atomic E-state index is 0.282. The first-order chi connectivity index (χ1) is 9.16. The van der Waals surface area contributed by atoms with E-state index < -0.39 is 12.2 Å². The summed E-state index contributed by atoms with van der Waals surface area (Å²) < 4.78 is 5.81. The van der Waals surface area contributed by atoms with Crippen LogP contribution < -0.4 is 4.74 Å². The van der Waals surface area contributed by atoms with E-state index in [2.05, 4.69) is 0 Å². The number of carbonyl (C=O) groups excluding carboxylic acids is 1. The molecule has 2 atom stereocenters. The van der Waals surface area contributed by atoms with E-state index in [0.29, 0.717) is 11.3 Å². The van der Waals surface area contributed by atoms with Crippen molar-refractivity contribution in [2.75, 3.05) is 0 Å². The van der Waals surface area contributed by atoms with E-state index in [0.717, 1.165) is 11.1 Å². The summed E-state index contributed by atoms with van der Waals surface area (Å²) in [7, 11) is 0. The molecule has 0 radical (unpaired) electrons. The normalized spacial score (nSPS) is 21.7. The van der Waals surface area contributed by atoms with Gasteiger partial charge in [0.2, 0.25) is 0 Å². The highest BCUT2D eigenvalue weighted by Crippen LogP contribution is 2.35. The van der Waals surface area contributed by atoms with Gasteiger partial charge in [-0.05, 0) is 30.2 Å². The molecule has 1 aliphatic heterocycles. The number of rotatable bonds is 1. The van der Waals surface area contributed by atoms with E-state index >= 15 is 0 Å². The van der Waals surface area contributed by atoms with Gasteiger partial charge < -0.3 is 9.84 Å². The Morgan fingerprint density at radius 3 is 2.58 bits per heavy atom. The number of aliphatic hydroxyl groups is 1. The first-order valence-electron chi connectivity index (χ1n) is 6.21. The average molecular weight is 254 g/mol. The van der Waals surface area contributed by atoms with E-state index in [9.17, 15) is 9.90 Å². The maximum atomic E-state index is 12.2. The van der Waals surface area contributed by atoms with Crippen molar-refractivity contribution >= 4 is 5.78 Å². The standard InChI is InChI=1S/C16H14O3/c1-10-7-8-12-13(9-10)19-16(15(18)14(12)17)11-5-3-2-4-6-11/h2-9,15-16,18H,1H3/t15-,16+/m1/s1. The van der Waals surface area contributed by atoms with Gasteiger partial charge in [-0.1, -0.05) is 36.4 Å². The van der Waals surface area contributed by atoms with Gasteiger partial charge in [0.05, 0.1) is 5.56 Å². The predicted octanol–water partition coefficient (Wildman–Crippen LogP) is 2.67. The molecular weight excluding hydrogens is 240 g/mol. The lowest BCUT2D eigenvalue weighted by atomic mass is 9.93. The third-order valence-corrected chi connectivity index (χ3v) is 3.34. The maximum absolute atomic E-state index is 12.2. The number of carbonyl (C=O) groups is 1. The van der Waals surface area contributed by atoms with Crippen molar-refractivity contribution in [3.63, 3.8) is 0 Å². The van der Waals surface area contributed by atoms with Crippen LogP contribution in [-0.4, -0.2) is 17.0 Å². The van der Waals surface area contributed by atoms with Crippen molar-refractivity contribution in [2.24, 2.45) is 0 Å². The van der Waals surface area contributed by atoms with E-state index in [1.165, 1.54) is 0 Å². The lowest BCUT2D eigenvalue weighted by molar-refractivity contribution is 0.0216.